The average Bonchev–Trinajstić information content (AvgIpc) is 3.00. The molecule has 4 nitrogen and oxygen atoms in total. The summed E-state index contributed by atoms with van der Waals surface area (Å²) in [6, 6.07) is 5.94. The largest absolute Gasteiger partial charge is 0.349 e. The second kappa shape index (κ2) is 9.35. The van der Waals surface area contributed by atoms with E-state index in [9.17, 15) is 9.18 Å². The average molecular weight is 398 g/mol. The van der Waals surface area contributed by atoms with Crippen LogP contribution in [0.1, 0.15) is 32.4 Å². The number of nitrogens with one attached hydrogen (secondary N) is 1. The van der Waals surface area contributed by atoms with Gasteiger partial charge in [0, 0.05) is 5.75 Å². The molecule has 0 aliphatic carbocycles. The second-order valence-electron chi connectivity index (χ2n) is 5.62. The molecule has 1 heterocycles. The van der Waals surface area contributed by atoms with Gasteiger partial charge in [0.2, 0.25) is 5.91 Å². The zero-order valence-corrected chi connectivity index (χ0v) is 16.7. The fourth-order valence-corrected chi connectivity index (χ4v) is 4.87. The lowest BCUT2D eigenvalue weighted by Crippen LogP contribution is -2.33. The first-order valence-electron chi connectivity index (χ1n) is 7.68. The van der Waals surface area contributed by atoms with Gasteiger partial charge in [0.1, 0.15) is 5.82 Å². The molecule has 0 saturated carbocycles. The van der Waals surface area contributed by atoms with Crippen LogP contribution in [0.3, 0.4) is 0 Å². The Labute approximate surface area is 159 Å². The molecule has 2 rings (SSSR count). The van der Waals surface area contributed by atoms with Crippen LogP contribution in [0.2, 0.25) is 0 Å². The first-order valence-corrected chi connectivity index (χ1v) is 10.4. The van der Waals surface area contributed by atoms with E-state index in [0.29, 0.717) is 0 Å². The number of rotatable bonds is 8. The molecule has 1 amide bonds. The Morgan fingerprint density at radius 2 is 1.92 bits per heavy atom. The highest BCUT2D eigenvalue weighted by Crippen LogP contribution is 2.32. The molecule has 134 valence electrons. The molecule has 0 aliphatic heterocycles. The molecule has 0 fully saturated rings. The van der Waals surface area contributed by atoms with E-state index < -0.39 is 0 Å². The van der Waals surface area contributed by atoms with Gasteiger partial charge in [-0.3, -0.25) is 4.79 Å². The quantitative estimate of drug-likeness (QED) is 0.517. The monoisotopic (exact) mass is 397 g/mol. The number of hydrogen-bond acceptors (Lipinski definition) is 6. The number of carbonyl (C=O) groups is 1. The van der Waals surface area contributed by atoms with Crippen molar-refractivity contribution in [3.05, 3.63) is 47.8 Å². The van der Waals surface area contributed by atoms with Crippen molar-refractivity contribution in [2.24, 2.45) is 0 Å². The Morgan fingerprint density at radius 3 is 2.56 bits per heavy atom. The molecule has 0 saturated heterocycles. The van der Waals surface area contributed by atoms with Crippen LogP contribution in [0.4, 0.5) is 4.39 Å². The van der Waals surface area contributed by atoms with Gasteiger partial charge < -0.3 is 5.32 Å². The number of hydrogen-bond donors (Lipinski definition) is 1. The summed E-state index contributed by atoms with van der Waals surface area (Å²) in [6.45, 7) is 9.54. The highest BCUT2D eigenvalue weighted by Gasteiger charge is 2.19. The zero-order chi connectivity index (χ0) is 18.4. The van der Waals surface area contributed by atoms with E-state index in [4.69, 9.17) is 0 Å². The van der Waals surface area contributed by atoms with Gasteiger partial charge >= 0.3 is 0 Å². The van der Waals surface area contributed by atoms with Crippen molar-refractivity contribution < 1.29 is 9.18 Å². The van der Waals surface area contributed by atoms with E-state index in [2.05, 4.69) is 22.1 Å². The Bertz CT molecular complexity index is 733. The molecule has 0 aliphatic rings. The highest BCUT2D eigenvalue weighted by molar-refractivity contribution is 8.04. The van der Waals surface area contributed by atoms with Gasteiger partial charge in [-0.25, -0.2) is 4.39 Å². The van der Waals surface area contributed by atoms with E-state index in [-0.39, 0.29) is 23.0 Å². The summed E-state index contributed by atoms with van der Waals surface area (Å²) in [5.74, 6) is 0.431. The lowest BCUT2D eigenvalue weighted by Gasteiger charge is -2.17. The normalized spacial score (nSPS) is 13.3. The molecule has 1 N–H and O–H groups in total. The van der Waals surface area contributed by atoms with Crippen LogP contribution in [-0.2, 0) is 4.79 Å². The van der Waals surface area contributed by atoms with Gasteiger partial charge in [-0.2, -0.15) is 0 Å². The number of thioether (sulfide) groups is 2. The number of carbonyl (C=O) groups excluding carboxylic acids is 1. The van der Waals surface area contributed by atoms with Crippen molar-refractivity contribution >= 4 is 40.8 Å². The lowest BCUT2D eigenvalue weighted by atomic mass is 10.1. The minimum absolute atomic E-state index is 0.0897. The predicted octanol–water partition coefficient (Wildman–Crippen LogP) is 4.70. The minimum atomic E-state index is -0.296. The first-order chi connectivity index (χ1) is 11.8. The van der Waals surface area contributed by atoms with Crippen molar-refractivity contribution in [1.82, 2.24) is 15.5 Å². The maximum atomic E-state index is 13.0. The SMILES string of the molecule is C=C(C)CSc1nnc(S[C@@H](C)C(=O)N[C@@H](C)c2ccc(F)cc2)s1. The van der Waals surface area contributed by atoms with E-state index in [1.165, 1.54) is 35.2 Å². The third-order valence-corrected chi connectivity index (χ3v) is 6.68. The molecule has 0 spiro atoms. The summed E-state index contributed by atoms with van der Waals surface area (Å²) < 4.78 is 14.6. The molecule has 0 bridgehead atoms. The highest BCUT2D eigenvalue weighted by atomic mass is 32.2. The van der Waals surface area contributed by atoms with Crippen LogP contribution in [0, 0.1) is 5.82 Å². The van der Waals surface area contributed by atoms with Crippen molar-refractivity contribution in [2.75, 3.05) is 5.75 Å². The molecule has 2 atom stereocenters. The van der Waals surface area contributed by atoms with E-state index in [1.54, 1.807) is 23.9 Å². The summed E-state index contributed by atoms with van der Waals surface area (Å²) in [6.07, 6.45) is 0. The molecule has 8 heteroatoms. The van der Waals surface area contributed by atoms with Crippen LogP contribution in [0.25, 0.3) is 0 Å². The predicted molar refractivity (Wildman–Crippen MR) is 104 cm³/mol. The summed E-state index contributed by atoms with van der Waals surface area (Å²) in [5.41, 5.74) is 1.94. The molecule has 0 radical (unpaired) electrons. The number of halogens is 1. The van der Waals surface area contributed by atoms with E-state index in [1.807, 2.05) is 20.8 Å². The maximum absolute atomic E-state index is 13.0. The first kappa shape index (κ1) is 19.9. The lowest BCUT2D eigenvalue weighted by molar-refractivity contribution is -0.120. The summed E-state index contributed by atoms with van der Waals surface area (Å²) in [4.78, 5) is 12.4. The fourth-order valence-electron chi connectivity index (χ4n) is 1.86. The number of benzene rings is 1. The van der Waals surface area contributed by atoms with Crippen LogP contribution in [0.15, 0.2) is 45.1 Å². The summed E-state index contributed by atoms with van der Waals surface area (Å²) >= 11 is 4.46. The van der Waals surface area contributed by atoms with Crippen molar-refractivity contribution in [3.63, 3.8) is 0 Å². The number of nitrogens with zero attached hydrogens (tertiary/aromatic N) is 2. The van der Waals surface area contributed by atoms with Crippen molar-refractivity contribution in [1.29, 1.82) is 0 Å². The Hall–Kier alpha value is -1.38. The smallest absolute Gasteiger partial charge is 0.233 e. The Morgan fingerprint density at radius 1 is 1.28 bits per heavy atom. The Kier molecular flexibility index (Phi) is 7.46. The summed E-state index contributed by atoms with van der Waals surface area (Å²) in [5, 5.41) is 10.9. The van der Waals surface area contributed by atoms with Gasteiger partial charge in [-0.1, -0.05) is 59.1 Å². The molecule has 1 aromatic carbocycles. The third-order valence-electron chi connectivity index (χ3n) is 3.21. The maximum Gasteiger partial charge on any atom is 0.233 e. The fraction of sp³-hybridized carbons (Fsp3) is 0.353. The molecule has 0 unspecified atom stereocenters. The van der Waals surface area contributed by atoms with Gasteiger partial charge in [-0.05, 0) is 38.5 Å². The minimum Gasteiger partial charge on any atom is -0.349 e. The molecular formula is C17H20FN3OS3. The van der Waals surface area contributed by atoms with Crippen LogP contribution in [0.5, 0.6) is 0 Å². The van der Waals surface area contributed by atoms with E-state index >= 15 is 0 Å². The Balaban J connectivity index is 1.87. The molecule has 1 aromatic heterocycles. The van der Waals surface area contributed by atoms with Gasteiger partial charge in [-0.15, -0.1) is 10.2 Å². The van der Waals surface area contributed by atoms with Crippen molar-refractivity contribution in [2.45, 2.75) is 40.7 Å². The van der Waals surface area contributed by atoms with Crippen LogP contribution < -0.4 is 5.32 Å². The molecule has 25 heavy (non-hydrogen) atoms. The number of amides is 1. The molecular weight excluding hydrogens is 377 g/mol. The van der Waals surface area contributed by atoms with Gasteiger partial charge in [0.25, 0.3) is 0 Å². The standard InChI is InChI=1S/C17H20FN3OS3/c1-10(2)9-23-16-20-21-17(25-16)24-12(4)15(22)19-11(3)13-5-7-14(18)8-6-13/h5-8,11-12H,1,9H2,2-4H3,(H,19,22)/t11-,12-/m0/s1. The molecule has 2 aromatic rings. The third kappa shape index (κ3) is 6.45. The van der Waals surface area contributed by atoms with Gasteiger partial charge in [0.05, 0.1) is 11.3 Å². The summed E-state index contributed by atoms with van der Waals surface area (Å²) in [7, 11) is 0. The van der Waals surface area contributed by atoms with Crippen LogP contribution >= 0.6 is 34.9 Å². The van der Waals surface area contributed by atoms with Crippen molar-refractivity contribution in [3.8, 4) is 0 Å². The topological polar surface area (TPSA) is 54.9 Å². The zero-order valence-electron chi connectivity index (χ0n) is 14.3. The van der Waals surface area contributed by atoms with E-state index in [0.717, 1.165) is 25.6 Å². The van der Waals surface area contributed by atoms with Crippen LogP contribution in [-0.4, -0.2) is 27.1 Å². The van der Waals surface area contributed by atoms with Gasteiger partial charge in [0.15, 0.2) is 8.68 Å². The second-order valence-corrected chi connectivity index (χ2v) is 9.41. The number of aromatic nitrogens is 2.